The number of thioether (sulfide) groups is 1. The standard InChI is InChI=1S/C19H15FN4O2S2/c1-25-17-5-3-2-4-15(17)16-10-14(26-24-16)11-27-19-23-22-18(28-19)21-13-8-6-12(20)7-9-13/h2-10H,11H2,1H3,(H,21,22). The van der Waals surface area contributed by atoms with Crippen LogP contribution in [-0.2, 0) is 5.75 Å². The zero-order chi connectivity index (χ0) is 19.3. The number of halogens is 1. The van der Waals surface area contributed by atoms with Crippen LogP contribution in [0, 0.1) is 5.82 Å². The molecule has 0 unspecified atom stereocenters. The Labute approximate surface area is 168 Å². The Balaban J connectivity index is 1.38. The van der Waals surface area contributed by atoms with Crippen LogP contribution >= 0.6 is 23.1 Å². The Kier molecular flexibility index (Phi) is 5.54. The molecular formula is C19H15FN4O2S2. The molecule has 0 radical (unpaired) electrons. The summed E-state index contributed by atoms with van der Waals surface area (Å²) < 4.78 is 24.6. The van der Waals surface area contributed by atoms with Gasteiger partial charge in [-0.1, -0.05) is 40.4 Å². The van der Waals surface area contributed by atoms with Crippen molar-refractivity contribution in [3.05, 3.63) is 66.2 Å². The summed E-state index contributed by atoms with van der Waals surface area (Å²) in [5.74, 6) is 1.77. The first-order valence-electron chi connectivity index (χ1n) is 8.29. The van der Waals surface area contributed by atoms with Crippen molar-refractivity contribution < 1.29 is 13.7 Å². The summed E-state index contributed by atoms with van der Waals surface area (Å²) in [5, 5.41) is 16.1. The van der Waals surface area contributed by atoms with Crippen LogP contribution in [0.25, 0.3) is 11.3 Å². The van der Waals surface area contributed by atoms with Crippen LogP contribution in [0.2, 0.25) is 0 Å². The molecule has 0 amide bonds. The van der Waals surface area contributed by atoms with Crippen LogP contribution in [-0.4, -0.2) is 22.5 Å². The molecule has 9 heteroatoms. The molecule has 0 spiro atoms. The molecule has 2 heterocycles. The molecule has 0 atom stereocenters. The maximum absolute atomic E-state index is 13.0. The molecule has 2 aromatic heterocycles. The Bertz CT molecular complexity index is 1070. The second kappa shape index (κ2) is 8.41. The first kappa shape index (κ1) is 18.5. The molecule has 0 fully saturated rings. The van der Waals surface area contributed by atoms with Crippen LogP contribution in [0.3, 0.4) is 0 Å². The summed E-state index contributed by atoms with van der Waals surface area (Å²) in [4.78, 5) is 0. The van der Waals surface area contributed by atoms with Crippen molar-refractivity contribution in [1.29, 1.82) is 0 Å². The van der Waals surface area contributed by atoms with Crippen molar-refractivity contribution in [1.82, 2.24) is 15.4 Å². The third kappa shape index (κ3) is 4.32. The summed E-state index contributed by atoms with van der Waals surface area (Å²) in [5.41, 5.74) is 2.36. The van der Waals surface area contributed by atoms with Crippen molar-refractivity contribution in [2.75, 3.05) is 12.4 Å². The van der Waals surface area contributed by atoms with Crippen molar-refractivity contribution in [2.45, 2.75) is 10.1 Å². The minimum absolute atomic E-state index is 0.279. The van der Waals surface area contributed by atoms with Gasteiger partial charge in [0.25, 0.3) is 0 Å². The number of ether oxygens (including phenoxy) is 1. The molecule has 1 N–H and O–H groups in total. The summed E-state index contributed by atoms with van der Waals surface area (Å²) in [6.07, 6.45) is 0. The van der Waals surface area contributed by atoms with Crippen molar-refractivity contribution in [2.24, 2.45) is 0 Å². The number of rotatable bonds is 7. The Morgan fingerprint density at radius 1 is 1.14 bits per heavy atom. The molecule has 4 rings (SSSR count). The Hall–Kier alpha value is -2.91. The number of hydrogen-bond donors (Lipinski definition) is 1. The van der Waals surface area contributed by atoms with Gasteiger partial charge in [-0.25, -0.2) is 4.39 Å². The summed E-state index contributed by atoms with van der Waals surface area (Å²) >= 11 is 2.92. The number of nitrogens with one attached hydrogen (secondary N) is 1. The maximum Gasteiger partial charge on any atom is 0.210 e. The molecule has 0 saturated carbocycles. The van der Waals surface area contributed by atoms with E-state index in [2.05, 4.69) is 20.7 Å². The third-order valence-corrected chi connectivity index (χ3v) is 5.78. The molecule has 2 aromatic carbocycles. The lowest BCUT2D eigenvalue weighted by atomic mass is 10.1. The number of hydrogen-bond acceptors (Lipinski definition) is 8. The third-order valence-electron chi connectivity index (χ3n) is 3.78. The number of anilines is 2. The minimum atomic E-state index is -0.279. The van der Waals surface area contributed by atoms with Crippen LogP contribution in [0.15, 0.2) is 63.5 Å². The molecule has 0 aliphatic heterocycles. The van der Waals surface area contributed by atoms with Crippen molar-refractivity contribution in [3.8, 4) is 17.0 Å². The molecule has 4 aromatic rings. The van der Waals surface area contributed by atoms with Crippen molar-refractivity contribution in [3.63, 3.8) is 0 Å². The zero-order valence-electron chi connectivity index (χ0n) is 14.8. The predicted molar refractivity (Wildman–Crippen MR) is 108 cm³/mol. The highest BCUT2D eigenvalue weighted by atomic mass is 32.2. The van der Waals surface area contributed by atoms with Gasteiger partial charge >= 0.3 is 0 Å². The second-order valence-electron chi connectivity index (χ2n) is 5.67. The highest BCUT2D eigenvalue weighted by Crippen LogP contribution is 2.33. The van der Waals surface area contributed by atoms with Gasteiger partial charge in [-0.3, -0.25) is 0 Å². The molecule has 0 bridgehead atoms. The summed E-state index contributed by atoms with van der Waals surface area (Å²) in [6, 6.07) is 15.6. The topological polar surface area (TPSA) is 73.1 Å². The zero-order valence-corrected chi connectivity index (χ0v) is 16.4. The smallest absolute Gasteiger partial charge is 0.210 e. The van der Waals surface area contributed by atoms with Gasteiger partial charge in [0.05, 0.1) is 12.9 Å². The fourth-order valence-electron chi connectivity index (χ4n) is 2.47. The number of nitrogens with zero attached hydrogens (tertiary/aromatic N) is 3. The van der Waals surface area contributed by atoms with Crippen LogP contribution in [0.1, 0.15) is 5.76 Å². The first-order chi connectivity index (χ1) is 13.7. The van der Waals surface area contributed by atoms with Gasteiger partial charge in [-0.2, -0.15) is 0 Å². The highest BCUT2D eigenvalue weighted by molar-refractivity contribution is 8.00. The fourth-order valence-corrected chi connectivity index (χ4v) is 4.12. The van der Waals surface area contributed by atoms with Gasteiger partial charge in [-0.15, -0.1) is 10.2 Å². The van der Waals surface area contributed by atoms with E-state index in [1.165, 1.54) is 35.2 Å². The molecule has 0 aliphatic rings. The number of para-hydroxylation sites is 1. The molecule has 0 saturated heterocycles. The average Bonchev–Trinajstić information content (AvgIpc) is 3.37. The van der Waals surface area contributed by atoms with E-state index in [-0.39, 0.29) is 5.82 Å². The molecular weight excluding hydrogens is 399 g/mol. The van der Waals surface area contributed by atoms with Gasteiger partial charge < -0.3 is 14.6 Å². The van der Waals surface area contributed by atoms with Gasteiger partial charge in [0.15, 0.2) is 4.34 Å². The summed E-state index contributed by atoms with van der Waals surface area (Å²) in [6.45, 7) is 0. The maximum atomic E-state index is 13.0. The number of benzene rings is 2. The van der Waals surface area contributed by atoms with Gasteiger partial charge in [0, 0.05) is 17.3 Å². The van der Waals surface area contributed by atoms with E-state index in [1.807, 2.05) is 30.3 Å². The van der Waals surface area contributed by atoms with Crippen LogP contribution in [0.4, 0.5) is 15.2 Å². The lowest BCUT2D eigenvalue weighted by Crippen LogP contribution is -1.89. The van der Waals surface area contributed by atoms with E-state index in [4.69, 9.17) is 9.26 Å². The van der Waals surface area contributed by atoms with E-state index in [9.17, 15) is 4.39 Å². The Morgan fingerprint density at radius 2 is 1.96 bits per heavy atom. The lowest BCUT2D eigenvalue weighted by Gasteiger charge is -2.03. The second-order valence-corrected chi connectivity index (χ2v) is 7.87. The molecule has 28 heavy (non-hydrogen) atoms. The van der Waals surface area contributed by atoms with Gasteiger partial charge in [0.1, 0.15) is 23.0 Å². The highest BCUT2D eigenvalue weighted by Gasteiger charge is 2.12. The Morgan fingerprint density at radius 3 is 2.79 bits per heavy atom. The van der Waals surface area contributed by atoms with Gasteiger partial charge in [-0.05, 0) is 36.4 Å². The average molecular weight is 414 g/mol. The largest absolute Gasteiger partial charge is 0.496 e. The first-order valence-corrected chi connectivity index (χ1v) is 10.1. The number of aromatic nitrogens is 3. The number of methoxy groups -OCH3 is 1. The monoisotopic (exact) mass is 414 g/mol. The van der Waals surface area contributed by atoms with E-state index in [0.717, 1.165) is 32.8 Å². The molecule has 6 nitrogen and oxygen atoms in total. The summed E-state index contributed by atoms with van der Waals surface area (Å²) in [7, 11) is 1.63. The molecule has 0 aliphatic carbocycles. The quantitative estimate of drug-likeness (QED) is 0.407. The predicted octanol–water partition coefficient (Wildman–Crippen LogP) is 5.38. The minimum Gasteiger partial charge on any atom is -0.496 e. The van der Waals surface area contributed by atoms with Crippen molar-refractivity contribution >= 4 is 33.9 Å². The molecule has 142 valence electrons. The lowest BCUT2D eigenvalue weighted by molar-refractivity contribution is 0.395. The van der Waals surface area contributed by atoms with Crippen LogP contribution in [0.5, 0.6) is 5.75 Å². The normalized spacial score (nSPS) is 10.8. The van der Waals surface area contributed by atoms with E-state index < -0.39 is 0 Å². The van der Waals surface area contributed by atoms with E-state index in [0.29, 0.717) is 10.9 Å². The SMILES string of the molecule is COc1ccccc1-c1cc(CSc2nnc(Nc3ccc(F)cc3)s2)on1. The fraction of sp³-hybridized carbons (Fsp3) is 0.105. The van der Waals surface area contributed by atoms with E-state index >= 15 is 0 Å². The van der Waals surface area contributed by atoms with E-state index in [1.54, 1.807) is 19.2 Å². The van der Waals surface area contributed by atoms with Gasteiger partial charge in [0.2, 0.25) is 5.13 Å². The van der Waals surface area contributed by atoms with Crippen LogP contribution < -0.4 is 10.1 Å².